The van der Waals surface area contributed by atoms with Crippen LogP contribution in [0.15, 0.2) is 8.90 Å². The summed E-state index contributed by atoms with van der Waals surface area (Å²) in [7, 11) is 0. The van der Waals surface area contributed by atoms with Crippen LogP contribution in [0.5, 0.6) is 0 Å². The minimum atomic E-state index is 0.228. The molecule has 0 aliphatic rings. The van der Waals surface area contributed by atoms with E-state index < -0.39 is 0 Å². The van der Waals surface area contributed by atoms with Crippen molar-refractivity contribution in [2.75, 3.05) is 0 Å². The van der Waals surface area contributed by atoms with E-state index in [2.05, 4.69) is 0 Å². The van der Waals surface area contributed by atoms with E-state index >= 15 is 0 Å². The Morgan fingerprint density at radius 2 is 1.86 bits per heavy atom. The van der Waals surface area contributed by atoms with Crippen molar-refractivity contribution in [2.24, 2.45) is 0 Å². The van der Waals surface area contributed by atoms with E-state index in [4.69, 9.17) is 10.5 Å². The first kappa shape index (κ1) is 6.72. The molecular weight excluding hydrogens is 99.0 g/mol. The Kier molecular flexibility index (Phi) is 3.74. The number of hydrogen-bond donors (Lipinski definition) is 0. The Bertz CT molecular complexity index is 142. The summed E-state index contributed by atoms with van der Waals surface area (Å²) in [4.78, 5) is 0. The van der Waals surface area contributed by atoms with Crippen LogP contribution >= 0.6 is 0 Å². The fraction of sp³-hybridized carbons (Fsp3) is 0. The number of nitrogens with zero attached hydrogens (tertiary/aromatic N) is 2. The van der Waals surface area contributed by atoms with Gasteiger partial charge in [-0.2, -0.15) is 0 Å². The van der Waals surface area contributed by atoms with Crippen LogP contribution in [-0.2, 0) is 0 Å². The fourth-order valence-corrected chi connectivity index (χ4v) is 0.412. The Morgan fingerprint density at radius 3 is 1.86 bits per heavy atom. The standard InChI is InChI=1S/C4HN2.Na/c1-4(2-5)3-6;/h1H;. The third-order valence-electron chi connectivity index (χ3n) is 0.530. The predicted octanol–water partition coefficient (Wildman–Crippen LogP) is 0.0860. The minimum absolute atomic E-state index is 0.228. The molecule has 0 aliphatic heterocycles. The summed E-state index contributed by atoms with van der Waals surface area (Å²) in [6.45, 7) is 0. The zero-order chi connectivity index (χ0) is 5.70. The molecule has 0 saturated heterocycles. The molecule has 0 saturated carbocycles. The Labute approximate surface area is 59.5 Å². The Balaban J connectivity index is 4.03. The molecule has 28 valence electrons. The van der Waals surface area contributed by atoms with E-state index in [9.17, 15) is 0 Å². The molecular formula is C4HN2Na. The van der Waals surface area contributed by atoms with Crippen molar-refractivity contribution in [3.05, 3.63) is 8.90 Å². The zero-order valence-electron chi connectivity index (χ0n) is 3.97. The third-order valence-corrected chi connectivity index (χ3v) is 1.11. The normalized spacial score (nSPS) is 5.71. The SMILES string of the molecule is N#CC(C#N)=[CH][Na]. The molecule has 0 fully saturated rings. The van der Waals surface area contributed by atoms with Crippen molar-refractivity contribution in [3.63, 3.8) is 0 Å². The summed E-state index contributed by atoms with van der Waals surface area (Å²) in [5.74, 6) is 0. The van der Waals surface area contributed by atoms with Crippen molar-refractivity contribution in [3.8, 4) is 12.1 Å². The first-order valence-electron chi connectivity index (χ1n) is 1.81. The molecule has 3 heteroatoms. The molecule has 0 bridgehead atoms. The Morgan fingerprint density at radius 1 is 1.43 bits per heavy atom. The summed E-state index contributed by atoms with van der Waals surface area (Å²) in [6, 6.07) is 3.47. The van der Waals surface area contributed by atoms with Gasteiger partial charge < -0.3 is 0 Å². The van der Waals surface area contributed by atoms with E-state index in [0.29, 0.717) is 0 Å². The molecule has 0 aromatic rings. The van der Waals surface area contributed by atoms with Crippen LogP contribution in [0.4, 0.5) is 0 Å². The van der Waals surface area contributed by atoms with E-state index in [1.54, 1.807) is 15.5 Å². The van der Waals surface area contributed by atoms with Crippen LogP contribution in [-0.4, -0.2) is 27.9 Å². The van der Waals surface area contributed by atoms with Gasteiger partial charge in [-0.3, -0.25) is 0 Å². The van der Waals surface area contributed by atoms with Crippen molar-refractivity contribution in [1.82, 2.24) is 0 Å². The van der Waals surface area contributed by atoms with E-state index in [0.717, 1.165) is 27.9 Å². The van der Waals surface area contributed by atoms with Gasteiger partial charge in [-0.15, -0.1) is 0 Å². The van der Waals surface area contributed by atoms with Gasteiger partial charge in [-0.05, 0) is 0 Å². The summed E-state index contributed by atoms with van der Waals surface area (Å²) in [5, 5.41) is 16.0. The van der Waals surface area contributed by atoms with E-state index in [1.165, 1.54) is 0 Å². The van der Waals surface area contributed by atoms with Gasteiger partial charge in [0.2, 0.25) is 0 Å². The molecule has 0 spiro atoms. The van der Waals surface area contributed by atoms with Crippen molar-refractivity contribution < 1.29 is 0 Å². The molecule has 0 aliphatic carbocycles. The van der Waals surface area contributed by atoms with E-state index in [1.807, 2.05) is 0 Å². The van der Waals surface area contributed by atoms with Gasteiger partial charge in [0.25, 0.3) is 0 Å². The zero-order valence-corrected chi connectivity index (χ0v) is 5.97. The molecule has 2 nitrogen and oxygen atoms in total. The molecule has 0 N–H and O–H groups in total. The third kappa shape index (κ3) is 2.42. The monoisotopic (exact) mass is 100 g/mol. The van der Waals surface area contributed by atoms with Gasteiger partial charge in [0.15, 0.2) is 0 Å². The maximum atomic E-state index is 8.01. The second-order valence-corrected chi connectivity index (χ2v) is 1.50. The van der Waals surface area contributed by atoms with Crippen LogP contribution in [0.1, 0.15) is 0 Å². The number of nitriles is 2. The first-order valence-corrected chi connectivity index (χ1v) is 2.97. The van der Waals surface area contributed by atoms with Crippen LogP contribution in [0.2, 0.25) is 0 Å². The quantitative estimate of drug-likeness (QED) is 0.320. The molecule has 0 radical (unpaired) electrons. The Hall–Kier alpha value is -0.280. The van der Waals surface area contributed by atoms with Crippen LogP contribution < -0.4 is 0 Å². The molecule has 0 amide bonds. The van der Waals surface area contributed by atoms with Gasteiger partial charge in [0.05, 0.1) is 0 Å². The molecule has 0 rings (SSSR count). The first-order chi connectivity index (χ1) is 3.35. The number of hydrogen-bond acceptors (Lipinski definition) is 2. The van der Waals surface area contributed by atoms with Gasteiger partial charge >= 0.3 is 59.5 Å². The van der Waals surface area contributed by atoms with Gasteiger partial charge in [0, 0.05) is 0 Å². The summed E-state index contributed by atoms with van der Waals surface area (Å²) >= 11 is 0.784. The van der Waals surface area contributed by atoms with Crippen molar-refractivity contribution in [2.45, 2.75) is 0 Å². The molecule has 0 aromatic carbocycles. The molecule has 7 heavy (non-hydrogen) atoms. The fourth-order valence-electron chi connectivity index (χ4n) is 0.154. The van der Waals surface area contributed by atoms with Gasteiger partial charge in [0.1, 0.15) is 0 Å². The maximum absolute atomic E-state index is 8.01. The summed E-state index contributed by atoms with van der Waals surface area (Å²) < 4.78 is 1.61. The second-order valence-electron chi connectivity index (χ2n) is 0.926. The molecule has 0 unspecified atom stereocenters. The van der Waals surface area contributed by atoms with Crippen molar-refractivity contribution >= 4 is 27.9 Å². The van der Waals surface area contributed by atoms with Crippen molar-refractivity contribution in [1.29, 1.82) is 10.5 Å². The number of rotatable bonds is 0. The summed E-state index contributed by atoms with van der Waals surface area (Å²) in [5.41, 5.74) is 0.228. The van der Waals surface area contributed by atoms with Gasteiger partial charge in [-0.1, -0.05) is 0 Å². The van der Waals surface area contributed by atoms with Gasteiger partial charge in [-0.25, -0.2) is 0 Å². The second kappa shape index (κ2) is 3.89. The van der Waals surface area contributed by atoms with Crippen LogP contribution in [0.25, 0.3) is 0 Å². The molecule has 0 aromatic heterocycles. The average Bonchev–Trinajstić information content (AvgIpc) is 1.72. The van der Waals surface area contributed by atoms with Crippen LogP contribution in [0, 0.1) is 22.7 Å². The van der Waals surface area contributed by atoms with E-state index in [-0.39, 0.29) is 5.57 Å². The average molecular weight is 100 g/mol. The topological polar surface area (TPSA) is 47.6 Å². The van der Waals surface area contributed by atoms with Crippen LogP contribution in [0.3, 0.4) is 0 Å². The summed E-state index contributed by atoms with van der Waals surface area (Å²) in [6.07, 6.45) is 0. The molecule has 0 atom stereocenters. The predicted molar refractivity (Wildman–Crippen MR) is 25.1 cm³/mol. The molecule has 0 heterocycles. The number of allylic oxidation sites excluding steroid dienone is 1.